The average molecular weight is 207 g/mol. The third-order valence-electron chi connectivity index (χ3n) is 2.41. The first-order valence-corrected chi connectivity index (χ1v) is 5.62. The number of benzene rings is 1. The Balaban J connectivity index is 2.54. The Bertz CT molecular complexity index is 279. The van der Waals surface area contributed by atoms with Gasteiger partial charge in [-0.25, -0.2) is 0 Å². The summed E-state index contributed by atoms with van der Waals surface area (Å²) in [5.41, 5.74) is 1.26. The van der Waals surface area contributed by atoms with E-state index in [9.17, 15) is 5.11 Å². The molecule has 84 valence electrons. The van der Waals surface area contributed by atoms with Crippen LogP contribution in [0.1, 0.15) is 26.3 Å². The van der Waals surface area contributed by atoms with Gasteiger partial charge in [-0.15, -0.1) is 0 Å². The summed E-state index contributed by atoms with van der Waals surface area (Å²) in [4.78, 5) is 2.41. The van der Waals surface area contributed by atoms with E-state index in [0.29, 0.717) is 11.7 Å². The summed E-state index contributed by atoms with van der Waals surface area (Å²) in [6.45, 7) is 9.81. The first-order chi connectivity index (χ1) is 7.11. The molecule has 0 fully saturated rings. The molecular formula is C13H21NO. The molecule has 0 aromatic heterocycles. The fourth-order valence-corrected chi connectivity index (χ4v) is 1.68. The predicted octanol–water partition coefficient (Wildman–Crippen LogP) is 2.87. The molecule has 0 aliphatic rings. The van der Waals surface area contributed by atoms with E-state index in [1.807, 2.05) is 12.1 Å². The van der Waals surface area contributed by atoms with Crippen LogP contribution >= 0.6 is 0 Å². The molecule has 1 aromatic carbocycles. The molecule has 0 aliphatic carbocycles. The summed E-state index contributed by atoms with van der Waals surface area (Å²) >= 11 is 0. The van der Waals surface area contributed by atoms with Gasteiger partial charge in [-0.2, -0.15) is 0 Å². The zero-order valence-corrected chi connectivity index (χ0v) is 9.90. The van der Waals surface area contributed by atoms with E-state index in [1.54, 1.807) is 12.1 Å². The van der Waals surface area contributed by atoms with Gasteiger partial charge in [-0.05, 0) is 30.2 Å². The van der Waals surface area contributed by atoms with Crippen LogP contribution < -0.4 is 0 Å². The van der Waals surface area contributed by atoms with E-state index in [1.165, 1.54) is 5.56 Å². The molecule has 1 N–H and O–H groups in total. The molecule has 0 spiro atoms. The van der Waals surface area contributed by atoms with E-state index >= 15 is 0 Å². The van der Waals surface area contributed by atoms with Crippen molar-refractivity contribution < 1.29 is 5.11 Å². The lowest BCUT2D eigenvalue weighted by molar-refractivity contribution is 0.248. The van der Waals surface area contributed by atoms with Crippen molar-refractivity contribution >= 4 is 0 Å². The van der Waals surface area contributed by atoms with E-state index in [2.05, 4.69) is 25.7 Å². The number of rotatable bonds is 5. The van der Waals surface area contributed by atoms with E-state index in [0.717, 1.165) is 19.6 Å². The maximum Gasteiger partial charge on any atom is 0.115 e. The second kappa shape index (κ2) is 5.76. The number of aromatic hydroxyl groups is 1. The highest BCUT2D eigenvalue weighted by Gasteiger charge is 2.05. The van der Waals surface area contributed by atoms with Gasteiger partial charge in [-0.1, -0.05) is 32.9 Å². The molecule has 0 saturated heterocycles. The average Bonchev–Trinajstić information content (AvgIpc) is 2.19. The standard InChI is InChI=1S/C13H21NO/c1-4-14(9-11(2)3)10-12-5-7-13(15)8-6-12/h5-8,11,15H,4,9-10H2,1-3H3. The van der Waals surface area contributed by atoms with Gasteiger partial charge in [0.25, 0.3) is 0 Å². The van der Waals surface area contributed by atoms with E-state index < -0.39 is 0 Å². The number of nitrogens with zero attached hydrogens (tertiary/aromatic N) is 1. The molecule has 0 aliphatic heterocycles. The fourth-order valence-electron chi connectivity index (χ4n) is 1.68. The quantitative estimate of drug-likeness (QED) is 0.802. The zero-order valence-electron chi connectivity index (χ0n) is 9.90. The first-order valence-electron chi connectivity index (χ1n) is 5.62. The maximum atomic E-state index is 9.18. The van der Waals surface area contributed by atoms with Gasteiger partial charge < -0.3 is 5.11 Å². The molecule has 1 rings (SSSR count). The van der Waals surface area contributed by atoms with Crippen molar-refractivity contribution in [2.45, 2.75) is 27.3 Å². The SMILES string of the molecule is CCN(Cc1ccc(O)cc1)CC(C)C. The summed E-state index contributed by atoms with van der Waals surface area (Å²) in [5, 5.41) is 9.18. The minimum absolute atomic E-state index is 0.339. The fraction of sp³-hybridized carbons (Fsp3) is 0.538. The van der Waals surface area contributed by atoms with Crippen LogP contribution in [0.25, 0.3) is 0 Å². The lowest BCUT2D eigenvalue weighted by Crippen LogP contribution is -2.26. The van der Waals surface area contributed by atoms with Gasteiger partial charge in [0.2, 0.25) is 0 Å². The van der Waals surface area contributed by atoms with Crippen molar-refractivity contribution in [2.75, 3.05) is 13.1 Å². The van der Waals surface area contributed by atoms with Crippen molar-refractivity contribution in [2.24, 2.45) is 5.92 Å². The van der Waals surface area contributed by atoms with E-state index in [4.69, 9.17) is 0 Å². The van der Waals surface area contributed by atoms with Gasteiger partial charge in [0, 0.05) is 13.1 Å². The monoisotopic (exact) mass is 207 g/mol. The first kappa shape index (κ1) is 12.1. The summed E-state index contributed by atoms with van der Waals surface area (Å²) in [6, 6.07) is 7.47. The van der Waals surface area contributed by atoms with Gasteiger partial charge in [-0.3, -0.25) is 4.90 Å². The maximum absolute atomic E-state index is 9.18. The number of hydrogen-bond acceptors (Lipinski definition) is 2. The number of phenols is 1. The lowest BCUT2D eigenvalue weighted by Gasteiger charge is -2.22. The third kappa shape index (κ3) is 4.34. The van der Waals surface area contributed by atoms with Crippen molar-refractivity contribution in [3.8, 4) is 5.75 Å². The molecule has 0 heterocycles. The predicted molar refractivity (Wildman–Crippen MR) is 63.9 cm³/mol. The van der Waals surface area contributed by atoms with Crippen molar-refractivity contribution in [3.05, 3.63) is 29.8 Å². The van der Waals surface area contributed by atoms with Crippen LogP contribution in [0.15, 0.2) is 24.3 Å². The van der Waals surface area contributed by atoms with Crippen molar-refractivity contribution in [1.82, 2.24) is 4.90 Å². The smallest absolute Gasteiger partial charge is 0.115 e. The highest BCUT2D eigenvalue weighted by Crippen LogP contribution is 2.12. The Kier molecular flexibility index (Phi) is 4.63. The van der Waals surface area contributed by atoms with Crippen molar-refractivity contribution in [3.63, 3.8) is 0 Å². The molecule has 0 unspecified atom stereocenters. The van der Waals surface area contributed by atoms with Crippen LogP contribution in [-0.2, 0) is 6.54 Å². The summed E-state index contributed by atoms with van der Waals surface area (Å²) in [6.07, 6.45) is 0. The third-order valence-corrected chi connectivity index (χ3v) is 2.41. The van der Waals surface area contributed by atoms with Gasteiger partial charge in [0.05, 0.1) is 0 Å². The van der Waals surface area contributed by atoms with Gasteiger partial charge >= 0.3 is 0 Å². The summed E-state index contributed by atoms with van der Waals surface area (Å²) in [5.74, 6) is 1.03. The molecule has 0 atom stereocenters. The number of hydrogen-bond donors (Lipinski definition) is 1. The number of phenolic OH excluding ortho intramolecular Hbond substituents is 1. The van der Waals surface area contributed by atoms with Crippen LogP contribution in [0.4, 0.5) is 0 Å². The van der Waals surface area contributed by atoms with E-state index in [-0.39, 0.29) is 0 Å². The molecule has 15 heavy (non-hydrogen) atoms. The Morgan fingerprint density at radius 1 is 1.20 bits per heavy atom. The molecule has 0 radical (unpaired) electrons. The van der Waals surface area contributed by atoms with Crippen LogP contribution in [0.2, 0.25) is 0 Å². The Labute approximate surface area is 92.5 Å². The van der Waals surface area contributed by atoms with Crippen LogP contribution in [-0.4, -0.2) is 23.1 Å². The highest BCUT2D eigenvalue weighted by molar-refractivity contribution is 5.25. The Morgan fingerprint density at radius 3 is 2.27 bits per heavy atom. The second-order valence-electron chi connectivity index (χ2n) is 4.39. The minimum Gasteiger partial charge on any atom is -0.508 e. The lowest BCUT2D eigenvalue weighted by atomic mass is 10.1. The Morgan fingerprint density at radius 2 is 1.80 bits per heavy atom. The zero-order chi connectivity index (χ0) is 11.3. The second-order valence-corrected chi connectivity index (χ2v) is 4.39. The summed E-state index contributed by atoms with van der Waals surface area (Å²) in [7, 11) is 0. The normalized spacial score (nSPS) is 11.3. The molecule has 0 saturated carbocycles. The van der Waals surface area contributed by atoms with Gasteiger partial charge in [0.1, 0.15) is 5.75 Å². The largest absolute Gasteiger partial charge is 0.508 e. The Hall–Kier alpha value is -1.02. The topological polar surface area (TPSA) is 23.5 Å². The highest BCUT2D eigenvalue weighted by atomic mass is 16.3. The van der Waals surface area contributed by atoms with Crippen molar-refractivity contribution in [1.29, 1.82) is 0 Å². The molecule has 1 aromatic rings. The molecular weight excluding hydrogens is 186 g/mol. The molecule has 2 heteroatoms. The van der Waals surface area contributed by atoms with Crippen LogP contribution in [0, 0.1) is 5.92 Å². The van der Waals surface area contributed by atoms with Crippen LogP contribution in [0.5, 0.6) is 5.75 Å². The molecule has 0 amide bonds. The van der Waals surface area contributed by atoms with Gasteiger partial charge in [0.15, 0.2) is 0 Å². The summed E-state index contributed by atoms with van der Waals surface area (Å²) < 4.78 is 0. The van der Waals surface area contributed by atoms with Crippen LogP contribution in [0.3, 0.4) is 0 Å². The minimum atomic E-state index is 0.339. The molecule has 0 bridgehead atoms. The molecule has 2 nitrogen and oxygen atoms in total.